The van der Waals surface area contributed by atoms with E-state index in [1.165, 1.54) is 0 Å². The molecule has 1 N–H and O–H groups in total. The molecule has 1 saturated carbocycles. The van der Waals surface area contributed by atoms with E-state index in [9.17, 15) is 9.90 Å². The molecule has 2 aromatic rings. The van der Waals surface area contributed by atoms with E-state index in [1.54, 1.807) is 12.3 Å². The van der Waals surface area contributed by atoms with Gasteiger partial charge in [0.15, 0.2) is 6.29 Å². The van der Waals surface area contributed by atoms with Crippen LogP contribution in [0.4, 0.5) is 0 Å². The van der Waals surface area contributed by atoms with Gasteiger partial charge in [0.1, 0.15) is 5.65 Å². The third kappa shape index (κ3) is 2.01. The molecule has 3 rings (SSSR count). The molecule has 1 aliphatic rings. The molecule has 0 radical (unpaired) electrons. The van der Waals surface area contributed by atoms with Crippen LogP contribution in [0.1, 0.15) is 42.6 Å². The monoisotopic (exact) mass is 293 g/mol. The summed E-state index contributed by atoms with van der Waals surface area (Å²) in [6.07, 6.45) is 7.34. The first-order valence-corrected chi connectivity index (χ1v) is 7.18. The molecule has 0 bridgehead atoms. The number of aromatic nitrogens is 3. The molecule has 2 aromatic heterocycles. The van der Waals surface area contributed by atoms with Crippen molar-refractivity contribution >= 4 is 28.9 Å². The van der Waals surface area contributed by atoms with Crippen LogP contribution in [0.2, 0.25) is 5.28 Å². The van der Waals surface area contributed by atoms with Crippen LogP contribution in [-0.2, 0) is 5.54 Å². The normalized spacial score (nSPS) is 18.3. The molecular weight excluding hydrogens is 278 g/mol. The Labute approximate surface area is 121 Å². The number of aldehydes is 1. The first-order chi connectivity index (χ1) is 9.70. The van der Waals surface area contributed by atoms with Crippen molar-refractivity contribution in [2.75, 3.05) is 6.61 Å². The first kappa shape index (κ1) is 13.5. The lowest BCUT2D eigenvalue weighted by Gasteiger charge is -2.38. The van der Waals surface area contributed by atoms with Gasteiger partial charge < -0.3 is 9.67 Å². The van der Waals surface area contributed by atoms with Crippen LogP contribution < -0.4 is 0 Å². The largest absolute Gasteiger partial charge is 0.394 e. The Bertz CT molecular complexity index is 647. The lowest BCUT2D eigenvalue weighted by Crippen LogP contribution is -2.40. The maximum Gasteiger partial charge on any atom is 0.224 e. The Hall–Kier alpha value is -1.46. The SMILES string of the molecule is O=Cc1cc2cnc(Cl)nc2n1C1(CO)CCCCC1. The summed E-state index contributed by atoms with van der Waals surface area (Å²) in [5, 5.41) is 10.9. The van der Waals surface area contributed by atoms with E-state index in [0.717, 1.165) is 43.8 Å². The van der Waals surface area contributed by atoms with E-state index >= 15 is 0 Å². The summed E-state index contributed by atoms with van der Waals surface area (Å²) < 4.78 is 1.86. The van der Waals surface area contributed by atoms with Crippen LogP contribution in [0.5, 0.6) is 0 Å². The third-order valence-corrected chi connectivity index (χ3v) is 4.40. The van der Waals surface area contributed by atoms with Gasteiger partial charge in [0, 0.05) is 11.6 Å². The van der Waals surface area contributed by atoms with Gasteiger partial charge in [-0.3, -0.25) is 4.79 Å². The van der Waals surface area contributed by atoms with Crippen molar-refractivity contribution in [1.82, 2.24) is 14.5 Å². The van der Waals surface area contributed by atoms with Crippen LogP contribution in [-0.4, -0.2) is 32.5 Å². The molecule has 0 amide bonds. The molecule has 106 valence electrons. The van der Waals surface area contributed by atoms with Crippen molar-refractivity contribution in [2.24, 2.45) is 0 Å². The Kier molecular flexibility index (Phi) is 3.48. The molecule has 20 heavy (non-hydrogen) atoms. The van der Waals surface area contributed by atoms with E-state index in [2.05, 4.69) is 9.97 Å². The van der Waals surface area contributed by atoms with E-state index in [1.807, 2.05) is 4.57 Å². The van der Waals surface area contributed by atoms with Crippen molar-refractivity contribution in [1.29, 1.82) is 0 Å². The first-order valence-electron chi connectivity index (χ1n) is 6.81. The highest BCUT2D eigenvalue weighted by atomic mass is 35.5. The molecular formula is C14H16ClN3O2. The molecule has 0 atom stereocenters. The summed E-state index contributed by atoms with van der Waals surface area (Å²) >= 11 is 5.88. The highest BCUT2D eigenvalue weighted by Gasteiger charge is 2.36. The van der Waals surface area contributed by atoms with Crippen molar-refractivity contribution < 1.29 is 9.90 Å². The minimum atomic E-state index is -0.450. The molecule has 0 saturated heterocycles. The van der Waals surface area contributed by atoms with Gasteiger partial charge in [0.25, 0.3) is 0 Å². The summed E-state index contributed by atoms with van der Waals surface area (Å²) in [6.45, 7) is -0.000752. The van der Waals surface area contributed by atoms with Crippen molar-refractivity contribution in [3.63, 3.8) is 0 Å². The summed E-state index contributed by atoms with van der Waals surface area (Å²) in [5.41, 5.74) is 0.698. The maximum absolute atomic E-state index is 11.4. The van der Waals surface area contributed by atoms with Crippen LogP contribution in [0.15, 0.2) is 12.3 Å². The van der Waals surface area contributed by atoms with Crippen molar-refractivity contribution in [2.45, 2.75) is 37.6 Å². The topological polar surface area (TPSA) is 68.0 Å². The van der Waals surface area contributed by atoms with Gasteiger partial charge >= 0.3 is 0 Å². The number of rotatable bonds is 3. The summed E-state index contributed by atoms with van der Waals surface area (Å²) in [7, 11) is 0. The fraction of sp³-hybridized carbons (Fsp3) is 0.500. The number of hydrogen-bond acceptors (Lipinski definition) is 4. The number of aliphatic hydroxyl groups excluding tert-OH is 1. The van der Waals surface area contributed by atoms with Gasteiger partial charge in [-0.15, -0.1) is 0 Å². The fourth-order valence-electron chi connectivity index (χ4n) is 3.24. The molecule has 6 heteroatoms. The quantitative estimate of drug-likeness (QED) is 0.697. The molecule has 5 nitrogen and oxygen atoms in total. The second-order valence-electron chi connectivity index (χ2n) is 5.38. The zero-order valence-corrected chi connectivity index (χ0v) is 11.8. The lowest BCUT2D eigenvalue weighted by molar-refractivity contribution is 0.0887. The Balaban J connectivity index is 2.26. The Morgan fingerprint density at radius 3 is 2.80 bits per heavy atom. The van der Waals surface area contributed by atoms with Crippen molar-refractivity contribution in [3.8, 4) is 0 Å². The highest BCUT2D eigenvalue weighted by Crippen LogP contribution is 2.38. The summed E-state index contributed by atoms with van der Waals surface area (Å²) in [4.78, 5) is 19.6. The standard InChI is InChI=1S/C14H16ClN3O2/c15-13-16-7-10-6-11(8-19)18(12(10)17-13)14(9-20)4-2-1-3-5-14/h6-8,20H,1-5,9H2. The number of nitrogens with zero attached hydrogens (tertiary/aromatic N) is 3. The van der Waals surface area contributed by atoms with Crippen molar-refractivity contribution in [3.05, 3.63) is 23.2 Å². The van der Waals surface area contributed by atoms with Gasteiger partial charge in [0.2, 0.25) is 5.28 Å². The average Bonchev–Trinajstić information content (AvgIpc) is 2.86. The Morgan fingerprint density at radius 2 is 2.15 bits per heavy atom. The van der Waals surface area contributed by atoms with Gasteiger partial charge in [-0.1, -0.05) is 19.3 Å². The van der Waals surface area contributed by atoms with Crippen LogP contribution in [0, 0.1) is 0 Å². The zero-order chi connectivity index (χ0) is 14.2. The smallest absolute Gasteiger partial charge is 0.224 e. The number of aliphatic hydroxyl groups is 1. The Morgan fingerprint density at radius 1 is 1.40 bits per heavy atom. The number of hydrogen-bond donors (Lipinski definition) is 1. The molecule has 1 aliphatic carbocycles. The molecule has 2 heterocycles. The number of carbonyl (C=O) groups excluding carboxylic acids is 1. The summed E-state index contributed by atoms with van der Waals surface area (Å²) in [6, 6.07) is 1.75. The average molecular weight is 294 g/mol. The second-order valence-corrected chi connectivity index (χ2v) is 5.72. The lowest BCUT2D eigenvalue weighted by atomic mass is 9.82. The number of halogens is 1. The van der Waals surface area contributed by atoms with Gasteiger partial charge in [-0.05, 0) is 30.5 Å². The minimum absolute atomic E-state index is 0.000752. The van der Waals surface area contributed by atoms with Gasteiger partial charge in [-0.2, -0.15) is 4.98 Å². The number of carbonyl (C=O) groups is 1. The summed E-state index contributed by atoms with van der Waals surface area (Å²) in [5.74, 6) is 0. The van der Waals surface area contributed by atoms with Gasteiger partial charge in [-0.25, -0.2) is 4.98 Å². The molecule has 0 spiro atoms. The maximum atomic E-state index is 11.4. The van der Waals surface area contributed by atoms with Crippen LogP contribution >= 0.6 is 11.6 Å². The van der Waals surface area contributed by atoms with Crippen LogP contribution in [0.3, 0.4) is 0 Å². The number of fused-ring (bicyclic) bond motifs is 1. The second kappa shape index (κ2) is 5.14. The van der Waals surface area contributed by atoms with Crippen LogP contribution in [0.25, 0.3) is 11.0 Å². The van der Waals surface area contributed by atoms with E-state index in [4.69, 9.17) is 11.6 Å². The van der Waals surface area contributed by atoms with E-state index in [-0.39, 0.29) is 11.9 Å². The molecule has 0 aromatic carbocycles. The fourth-order valence-corrected chi connectivity index (χ4v) is 3.36. The molecule has 0 unspecified atom stereocenters. The molecule has 1 fully saturated rings. The predicted octanol–water partition coefficient (Wildman–Crippen LogP) is 2.55. The van der Waals surface area contributed by atoms with E-state index in [0.29, 0.717) is 11.3 Å². The highest BCUT2D eigenvalue weighted by molar-refractivity contribution is 6.28. The minimum Gasteiger partial charge on any atom is -0.394 e. The zero-order valence-electron chi connectivity index (χ0n) is 11.0. The van der Waals surface area contributed by atoms with Gasteiger partial charge in [0.05, 0.1) is 17.8 Å². The van der Waals surface area contributed by atoms with E-state index < -0.39 is 5.54 Å². The predicted molar refractivity (Wildman–Crippen MR) is 76.1 cm³/mol. The molecule has 0 aliphatic heterocycles. The third-order valence-electron chi connectivity index (χ3n) is 4.21.